The molecule has 1 aliphatic rings. The lowest BCUT2D eigenvalue weighted by atomic mass is 10.00. The summed E-state index contributed by atoms with van der Waals surface area (Å²) in [6, 6.07) is 19.4. The highest BCUT2D eigenvalue weighted by Crippen LogP contribution is 2.31. The number of nitriles is 1. The molecule has 0 bridgehead atoms. The summed E-state index contributed by atoms with van der Waals surface area (Å²) in [6.45, 7) is 2.77. The third kappa shape index (κ3) is 4.02. The average molecular weight is 455 g/mol. The van der Waals surface area contributed by atoms with E-state index in [9.17, 15) is 14.4 Å². The summed E-state index contributed by atoms with van der Waals surface area (Å²) in [5.41, 5.74) is 4.17. The van der Waals surface area contributed by atoms with E-state index in [-0.39, 0.29) is 17.4 Å². The van der Waals surface area contributed by atoms with Crippen molar-refractivity contribution >= 4 is 16.7 Å². The van der Waals surface area contributed by atoms with Gasteiger partial charge in [-0.2, -0.15) is 5.26 Å². The molecule has 1 saturated heterocycles. The van der Waals surface area contributed by atoms with Gasteiger partial charge in [0.1, 0.15) is 23.1 Å². The number of hydrogen-bond acceptors (Lipinski definition) is 6. The van der Waals surface area contributed by atoms with E-state index in [0.29, 0.717) is 42.9 Å². The molecule has 0 amide bonds. The summed E-state index contributed by atoms with van der Waals surface area (Å²) in [4.78, 5) is 26.2. The van der Waals surface area contributed by atoms with Gasteiger partial charge in [0, 0.05) is 45.5 Å². The Morgan fingerprint density at radius 3 is 2.47 bits per heavy atom. The van der Waals surface area contributed by atoms with E-state index < -0.39 is 0 Å². The molecule has 8 heteroatoms. The number of nitrogens with zero attached hydrogens (tertiary/aromatic N) is 6. The molecule has 1 atom stereocenters. The van der Waals surface area contributed by atoms with Gasteiger partial charge >= 0.3 is 0 Å². The maximum absolute atomic E-state index is 13.6. The van der Waals surface area contributed by atoms with E-state index in [1.807, 2.05) is 30.3 Å². The molecular weight excluding hydrogens is 431 g/mol. The molecule has 1 fully saturated rings. The topological polar surface area (TPSA) is 78.1 Å². The third-order valence-electron chi connectivity index (χ3n) is 6.36. The van der Waals surface area contributed by atoms with Crippen molar-refractivity contribution in [3.63, 3.8) is 0 Å². The van der Waals surface area contributed by atoms with Crippen LogP contribution in [0, 0.1) is 17.1 Å². The van der Waals surface area contributed by atoms with E-state index >= 15 is 0 Å². The van der Waals surface area contributed by atoms with E-state index in [1.54, 1.807) is 36.0 Å². The highest BCUT2D eigenvalue weighted by Gasteiger charge is 2.28. The zero-order chi connectivity index (χ0) is 23.7. The predicted octanol–water partition coefficient (Wildman–Crippen LogP) is 3.25. The smallest absolute Gasteiger partial charge is 0.252 e. The number of piperazine rings is 1. The highest BCUT2D eigenvalue weighted by atomic mass is 19.1. The number of aryl methyl sites for hydroxylation is 1. The molecule has 4 aromatic rings. The second-order valence-electron chi connectivity index (χ2n) is 8.33. The number of anilines is 1. The van der Waals surface area contributed by atoms with Crippen LogP contribution in [0.3, 0.4) is 0 Å². The summed E-state index contributed by atoms with van der Waals surface area (Å²) >= 11 is 0. The molecule has 0 aliphatic carbocycles. The molecule has 3 aromatic heterocycles. The highest BCUT2D eigenvalue weighted by molar-refractivity contribution is 5.88. The molecule has 4 heterocycles. The third-order valence-corrected chi connectivity index (χ3v) is 6.36. The van der Waals surface area contributed by atoms with Crippen molar-refractivity contribution in [3.05, 3.63) is 100.0 Å². The Hall–Kier alpha value is -4.09. The van der Waals surface area contributed by atoms with E-state index in [4.69, 9.17) is 0 Å². The fourth-order valence-corrected chi connectivity index (χ4v) is 4.59. The number of rotatable bonds is 4. The monoisotopic (exact) mass is 454 g/mol. The minimum absolute atomic E-state index is 0.104. The lowest BCUT2D eigenvalue weighted by molar-refractivity contribution is 0.209. The van der Waals surface area contributed by atoms with Gasteiger partial charge in [-0.25, -0.2) is 9.37 Å². The molecule has 1 aliphatic heterocycles. The van der Waals surface area contributed by atoms with Crippen molar-refractivity contribution in [2.24, 2.45) is 7.05 Å². The molecular formula is C26H23FN6O. The van der Waals surface area contributed by atoms with Crippen LogP contribution < -0.4 is 10.5 Å². The summed E-state index contributed by atoms with van der Waals surface area (Å²) in [5, 5.41) is 9.32. The Kier molecular flexibility index (Phi) is 5.78. The predicted molar refractivity (Wildman–Crippen MR) is 128 cm³/mol. The summed E-state index contributed by atoms with van der Waals surface area (Å²) < 4.78 is 15.1. The average Bonchev–Trinajstić information content (AvgIpc) is 2.88. The second kappa shape index (κ2) is 9.04. The molecule has 0 spiro atoms. The Balaban J connectivity index is 1.46. The number of benzene rings is 1. The molecule has 7 nitrogen and oxygen atoms in total. The fourth-order valence-electron chi connectivity index (χ4n) is 4.59. The Bertz CT molecular complexity index is 1420. The lowest BCUT2D eigenvalue weighted by Crippen LogP contribution is -2.48. The van der Waals surface area contributed by atoms with Crippen LogP contribution in [0.1, 0.15) is 23.0 Å². The first kappa shape index (κ1) is 21.7. The Labute approximate surface area is 196 Å². The van der Waals surface area contributed by atoms with Crippen molar-refractivity contribution < 1.29 is 4.39 Å². The standard InChI is InChI=1S/C26H23FN6O/c1-31-22-10-9-20(17-28)30-25(22)23(16-24(31)34)32-12-14-33(15-13-32)26(21-4-2-3-11-29-21)18-5-7-19(27)8-6-18/h2-11,16,26H,12-15H2,1H3. The van der Waals surface area contributed by atoms with Crippen molar-refractivity contribution in [2.75, 3.05) is 31.1 Å². The first-order chi connectivity index (χ1) is 16.5. The molecule has 1 unspecified atom stereocenters. The van der Waals surface area contributed by atoms with Gasteiger partial charge in [0.25, 0.3) is 5.56 Å². The first-order valence-corrected chi connectivity index (χ1v) is 11.1. The second-order valence-corrected chi connectivity index (χ2v) is 8.33. The van der Waals surface area contributed by atoms with Gasteiger partial charge in [-0.1, -0.05) is 18.2 Å². The summed E-state index contributed by atoms with van der Waals surface area (Å²) in [7, 11) is 1.71. The maximum Gasteiger partial charge on any atom is 0.252 e. The SMILES string of the molecule is Cn1c(=O)cc(N2CCN(C(c3ccc(F)cc3)c3ccccn3)CC2)c2nc(C#N)ccc21. The van der Waals surface area contributed by atoms with Crippen LogP contribution in [0.5, 0.6) is 0 Å². The number of aromatic nitrogens is 3. The van der Waals surface area contributed by atoms with Gasteiger partial charge in [-0.05, 0) is 42.0 Å². The van der Waals surface area contributed by atoms with Gasteiger partial charge in [0.05, 0.1) is 22.9 Å². The van der Waals surface area contributed by atoms with Gasteiger partial charge in [-0.3, -0.25) is 14.7 Å². The van der Waals surface area contributed by atoms with Crippen LogP contribution in [0.4, 0.5) is 10.1 Å². The molecule has 0 N–H and O–H groups in total. The van der Waals surface area contributed by atoms with Crippen LogP contribution in [0.25, 0.3) is 11.0 Å². The van der Waals surface area contributed by atoms with Crippen LogP contribution >= 0.6 is 0 Å². The largest absolute Gasteiger partial charge is 0.367 e. The molecule has 34 heavy (non-hydrogen) atoms. The van der Waals surface area contributed by atoms with Crippen LogP contribution in [0.2, 0.25) is 0 Å². The molecule has 0 radical (unpaired) electrons. The molecule has 1 aromatic carbocycles. The first-order valence-electron chi connectivity index (χ1n) is 11.1. The van der Waals surface area contributed by atoms with Crippen molar-refractivity contribution in [1.29, 1.82) is 5.26 Å². The van der Waals surface area contributed by atoms with Crippen molar-refractivity contribution in [2.45, 2.75) is 6.04 Å². The van der Waals surface area contributed by atoms with Crippen LogP contribution in [-0.4, -0.2) is 45.6 Å². The van der Waals surface area contributed by atoms with Crippen LogP contribution in [-0.2, 0) is 7.05 Å². The zero-order valence-electron chi connectivity index (χ0n) is 18.7. The van der Waals surface area contributed by atoms with Crippen molar-refractivity contribution in [3.8, 4) is 6.07 Å². The number of hydrogen-bond donors (Lipinski definition) is 0. The number of fused-ring (bicyclic) bond motifs is 1. The number of halogens is 1. The summed E-state index contributed by atoms with van der Waals surface area (Å²) in [5.74, 6) is -0.268. The van der Waals surface area contributed by atoms with Crippen LogP contribution in [0.15, 0.2) is 71.7 Å². The molecule has 5 rings (SSSR count). The van der Waals surface area contributed by atoms with E-state index in [2.05, 4.69) is 25.8 Å². The number of pyridine rings is 3. The minimum atomic E-state index is -0.268. The Morgan fingerprint density at radius 2 is 1.79 bits per heavy atom. The summed E-state index contributed by atoms with van der Waals surface area (Å²) in [6.07, 6.45) is 1.77. The maximum atomic E-state index is 13.6. The zero-order valence-corrected chi connectivity index (χ0v) is 18.7. The normalized spacial score (nSPS) is 15.3. The van der Waals surface area contributed by atoms with E-state index in [1.165, 1.54) is 12.1 Å². The van der Waals surface area contributed by atoms with Gasteiger partial charge in [-0.15, -0.1) is 0 Å². The van der Waals surface area contributed by atoms with Gasteiger partial charge in [0.15, 0.2) is 0 Å². The molecule has 170 valence electrons. The van der Waals surface area contributed by atoms with Crippen molar-refractivity contribution in [1.82, 2.24) is 19.4 Å². The van der Waals surface area contributed by atoms with Gasteiger partial charge in [0.2, 0.25) is 0 Å². The Morgan fingerprint density at radius 1 is 1.03 bits per heavy atom. The van der Waals surface area contributed by atoms with E-state index in [0.717, 1.165) is 16.9 Å². The quantitative estimate of drug-likeness (QED) is 0.471. The minimum Gasteiger partial charge on any atom is -0.367 e. The van der Waals surface area contributed by atoms with Gasteiger partial charge < -0.3 is 9.47 Å². The fraction of sp³-hybridized carbons (Fsp3) is 0.231. The molecule has 0 saturated carbocycles. The lowest BCUT2D eigenvalue weighted by Gasteiger charge is -2.40.